The number of ether oxygens (including phenoxy) is 1. The van der Waals surface area contributed by atoms with Crippen molar-refractivity contribution in [1.29, 1.82) is 0 Å². The van der Waals surface area contributed by atoms with Crippen molar-refractivity contribution in [2.75, 3.05) is 6.61 Å². The molecule has 0 bridgehead atoms. The van der Waals surface area contributed by atoms with Gasteiger partial charge in [0.25, 0.3) is 0 Å². The standard InChI is InChI=1S/C25H28F3NO5/c1-17(24(33)34-14-13-25(26,27)28)15-21(29-22(30)11-12-23(31)32)16-18-7-9-20(10-8-18)19-5-3-2-4-6-19/h2-10,17,21H,11-16H2,1H3,(H,29,30)(H,31,32). The molecule has 0 heterocycles. The lowest BCUT2D eigenvalue weighted by Crippen LogP contribution is -2.39. The van der Waals surface area contributed by atoms with E-state index in [1.165, 1.54) is 6.92 Å². The smallest absolute Gasteiger partial charge is 0.392 e. The molecule has 0 aromatic heterocycles. The number of carboxylic acid groups (broad SMARTS) is 1. The summed E-state index contributed by atoms with van der Waals surface area (Å²) in [6.45, 7) is 0.758. The van der Waals surface area contributed by atoms with Gasteiger partial charge in [0.1, 0.15) is 0 Å². The number of hydrogen-bond donors (Lipinski definition) is 2. The Bertz CT molecular complexity index is 945. The van der Waals surface area contributed by atoms with Gasteiger partial charge >= 0.3 is 18.1 Å². The van der Waals surface area contributed by atoms with Crippen molar-refractivity contribution in [2.24, 2.45) is 5.92 Å². The van der Waals surface area contributed by atoms with Crippen LogP contribution in [0.2, 0.25) is 0 Å². The van der Waals surface area contributed by atoms with Crippen molar-refractivity contribution in [2.45, 2.75) is 51.2 Å². The van der Waals surface area contributed by atoms with Crippen LogP contribution in [0.4, 0.5) is 13.2 Å². The number of carbonyl (C=O) groups excluding carboxylic acids is 2. The monoisotopic (exact) mass is 479 g/mol. The maximum atomic E-state index is 12.3. The van der Waals surface area contributed by atoms with Crippen LogP contribution in [0.1, 0.15) is 38.2 Å². The Labute approximate surface area is 196 Å². The zero-order chi connectivity index (χ0) is 25.1. The minimum atomic E-state index is -4.42. The molecule has 0 spiro atoms. The van der Waals surface area contributed by atoms with E-state index in [4.69, 9.17) is 9.84 Å². The van der Waals surface area contributed by atoms with Crippen molar-refractivity contribution >= 4 is 17.8 Å². The molecule has 0 radical (unpaired) electrons. The number of nitrogens with one attached hydrogen (secondary N) is 1. The minimum absolute atomic E-state index is 0.129. The summed E-state index contributed by atoms with van der Waals surface area (Å²) in [5.41, 5.74) is 2.93. The molecule has 2 N–H and O–H groups in total. The second-order valence-corrected chi connectivity index (χ2v) is 8.09. The summed E-state index contributed by atoms with van der Waals surface area (Å²) in [4.78, 5) is 35.1. The van der Waals surface area contributed by atoms with Crippen molar-refractivity contribution in [3.05, 3.63) is 60.2 Å². The minimum Gasteiger partial charge on any atom is -0.481 e. The highest BCUT2D eigenvalue weighted by atomic mass is 19.4. The summed E-state index contributed by atoms with van der Waals surface area (Å²) >= 11 is 0. The van der Waals surface area contributed by atoms with Gasteiger partial charge in [0.05, 0.1) is 25.4 Å². The lowest BCUT2D eigenvalue weighted by molar-refractivity contribution is -0.162. The van der Waals surface area contributed by atoms with Crippen LogP contribution >= 0.6 is 0 Å². The third kappa shape index (κ3) is 10.1. The predicted octanol–water partition coefficient (Wildman–Crippen LogP) is 4.77. The van der Waals surface area contributed by atoms with E-state index in [1.54, 1.807) is 0 Å². The highest BCUT2D eigenvalue weighted by Gasteiger charge is 2.28. The first-order valence-corrected chi connectivity index (χ1v) is 10.9. The second kappa shape index (κ2) is 12.8. The fourth-order valence-electron chi connectivity index (χ4n) is 3.39. The van der Waals surface area contributed by atoms with Crippen LogP contribution in [-0.4, -0.2) is 41.8 Å². The largest absolute Gasteiger partial charge is 0.481 e. The molecule has 0 aliphatic rings. The fraction of sp³-hybridized carbons (Fsp3) is 0.400. The summed E-state index contributed by atoms with van der Waals surface area (Å²) < 4.78 is 41.6. The van der Waals surface area contributed by atoms with Gasteiger partial charge in [-0.3, -0.25) is 14.4 Å². The van der Waals surface area contributed by atoms with E-state index in [0.29, 0.717) is 6.42 Å². The molecule has 2 atom stereocenters. The number of benzene rings is 2. The number of alkyl halides is 3. The molecular weight excluding hydrogens is 451 g/mol. The molecule has 0 aliphatic heterocycles. The first-order valence-electron chi connectivity index (χ1n) is 10.9. The van der Waals surface area contributed by atoms with Gasteiger partial charge in [0.15, 0.2) is 0 Å². The average molecular weight is 479 g/mol. The van der Waals surface area contributed by atoms with Crippen LogP contribution in [0, 0.1) is 5.92 Å². The highest BCUT2D eigenvalue weighted by Crippen LogP contribution is 2.22. The molecule has 9 heteroatoms. The van der Waals surface area contributed by atoms with Gasteiger partial charge in [0.2, 0.25) is 5.91 Å². The highest BCUT2D eigenvalue weighted by molar-refractivity contribution is 5.81. The molecule has 1 amide bonds. The van der Waals surface area contributed by atoms with Gasteiger partial charge in [0, 0.05) is 12.5 Å². The number of halogens is 3. The van der Waals surface area contributed by atoms with Gasteiger partial charge in [-0.05, 0) is 29.5 Å². The van der Waals surface area contributed by atoms with Gasteiger partial charge in [-0.25, -0.2) is 0 Å². The second-order valence-electron chi connectivity index (χ2n) is 8.09. The molecule has 6 nitrogen and oxygen atoms in total. The van der Waals surface area contributed by atoms with Crippen molar-refractivity contribution < 1.29 is 37.4 Å². The van der Waals surface area contributed by atoms with Crippen LogP contribution in [0.15, 0.2) is 54.6 Å². The topological polar surface area (TPSA) is 92.7 Å². The fourth-order valence-corrected chi connectivity index (χ4v) is 3.39. The van der Waals surface area contributed by atoms with Crippen LogP contribution in [-0.2, 0) is 25.5 Å². The molecule has 2 unspecified atom stereocenters. The average Bonchev–Trinajstić information content (AvgIpc) is 2.77. The lowest BCUT2D eigenvalue weighted by Gasteiger charge is -2.22. The van der Waals surface area contributed by atoms with E-state index in [9.17, 15) is 27.6 Å². The van der Waals surface area contributed by atoms with Gasteiger partial charge in [-0.1, -0.05) is 61.5 Å². The number of carboxylic acids is 1. The van der Waals surface area contributed by atoms with Crippen LogP contribution < -0.4 is 5.32 Å². The number of aliphatic carboxylic acids is 1. The molecule has 34 heavy (non-hydrogen) atoms. The van der Waals surface area contributed by atoms with Crippen molar-refractivity contribution in [1.82, 2.24) is 5.32 Å². The summed E-state index contributed by atoms with van der Waals surface area (Å²) in [6.07, 6.45) is -5.72. The molecule has 0 saturated heterocycles. The Hall–Kier alpha value is -3.36. The number of hydrogen-bond acceptors (Lipinski definition) is 4. The first-order chi connectivity index (χ1) is 16.0. The molecule has 0 aliphatic carbocycles. The van der Waals surface area contributed by atoms with Gasteiger partial charge in [-0.2, -0.15) is 13.2 Å². The Morgan fingerprint density at radius 2 is 1.59 bits per heavy atom. The third-order valence-electron chi connectivity index (χ3n) is 5.14. The van der Waals surface area contributed by atoms with Crippen LogP contribution in [0.5, 0.6) is 0 Å². The maximum Gasteiger partial charge on any atom is 0.392 e. The Morgan fingerprint density at radius 1 is 0.971 bits per heavy atom. The van der Waals surface area contributed by atoms with E-state index in [0.717, 1.165) is 16.7 Å². The van der Waals surface area contributed by atoms with E-state index in [2.05, 4.69) is 5.32 Å². The van der Waals surface area contributed by atoms with Gasteiger partial charge < -0.3 is 15.2 Å². The molecule has 0 fully saturated rings. The van der Waals surface area contributed by atoms with Crippen molar-refractivity contribution in [3.63, 3.8) is 0 Å². The molecule has 184 valence electrons. The Morgan fingerprint density at radius 3 is 2.18 bits per heavy atom. The maximum absolute atomic E-state index is 12.3. The zero-order valence-corrected chi connectivity index (χ0v) is 18.8. The normalized spacial score (nSPS) is 13.1. The Balaban J connectivity index is 2.04. The number of rotatable bonds is 12. The van der Waals surface area contributed by atoms with E-state index >= 15 is 0 Å². The zero-order valence-electron chi connectivity index (χ0n) is 18.8. The Kier molecular flexibility index (Phi) is 10.1. The quantitative estimate of drug-likeness (QED) is 0.428. The third-order valence-corrected chi connectivity index (χ3v) is 5.14. The summed E-state index contributed by atoms with van der Waals surface area (Å²) in [5, 5.41) is 11.5. The number of esters is 1. The SMILES string of the molecule is CC(CC(Cc1ccc(-c2ccccc2)cc1)NC(=O)CCC(=O)O)C(=O)OCCC(F)(F)F. The molecule has 2 rings (SSSR count). The summed E-state index contributed by atoms with van der Waals surface area (Å²) in [7, 11) is 0. The predicted molar refractivity (Wildman–Crippen MR) is 120 cm³/mol. The molecule has 2 aromatic carbocycles. The molecular formula is C25H28F3NO5. The number of carbonyl (C=O) groups is 3. The number of amides is 1. The summed E-state index contributed by atoms with van der Waals surface area (Å²) in [5.74, 6) is -3.13. The van der Waals surface area contributed by atoms with E-state index in [-0.39, 0.29) is 19.3 Å². The first kappa shape index (κ1) is 26.9. The molecule has 2 aromatic rings. The lowest BCUT2D eigenvalue weighted by atomic mass is 9.94. The van der Waals surface area contributed by atoms with Crippen LogP contribution in [0.25, 0.3) is 11.1 Å². The summed E-state index contributed by atoms with van der Waals surface area (Å²) in [6, 6.07) is 16.9. The van der Waals surface area contributed by atoms with E-state index < -0.39 is 49.0 Å². The van der Waals surface area contributed by atoms with Crippen molar-refractivity contribution in [3.8, 4) is 11.1 Å². The molecule has 0 saturated carbocycles. The van der Waals surface area contributed by atoms with Crippen LogP contribution in [0.3, 0.4) is 0 Å². The van der Waals surface area contributed by atoms with Gasteiger partial charge in [-0.15, -0.1) is 0 Å². The van der Waals surface area contributed by atoms with E-state index in [1.807, 2.05) is 54.6 Å².